The number of nitriles is 1. The van der Waals surface area contributed by atoms with Gasteiger partial charge in [0.15, 0.2) is 0 Å². The predicted octanol–water partition coefficient (Wildman–Crippen LogP) is 5.32. The van der Waals surface area contributed by atoms with Crippen molar-refractivity contribution < 1.29 is 14.3 Å². The Morgan fingerprint density at radius 1 is 1.17 bits per heavy atom. The van der Waals surface area contributed by atoms with Crippen LogP contribution in [-0.4, -0.2) is 34.4 Å². The second-order valence-corrected chi connectivity index (χ2v) is 9.60. The number of hydrogen-bond acceptors (Lipinski definition) is 7. The van der Waals surface area contributed by atoms with Gasteiger partial charge >= 0.3 is 0 Å². The zero-order chi connectivity index (χ0) is 25.5. The van der Waals surface area contributed by atoms with E-state index in [4.69, 9.17) is 9.47 Å². The third-order valence-electron chi connectivity index (χ3n) is 5.41. The molecule has 0 bridgehead atoms. The average Bonchev–Trinajstić information content (AvgIpc) is 3.46. The maximum Gasteiger partial charge on any atom is 0.268 e. The van der Waals surface area contributed by atoms with Crippen molar-refractivity contribution in [2.75, 3.05) is 19.0 Å². The highest BCUT2D eigenvalue weighted by Crippen LogP contribution is 2.25. The predicted molar refractivity (Wildman–Crippen MR) is 141 cm³/mol. The van der Waals surface area contributed by atoms with Crippen molar-refractivity contribution in [2.45, 2.75) is 26.8 Å². The number of aromatic nitrogens is 3. The number of methoxy groups -OCH3 is 1. The first-order chi connectivity index (χ1) is 17.5. The van der Waals surface area contributed by atoms with Crippen LogP contribution in [0, 0.1) is 17.2 Å². The van der Waals surface area contributed by atoms with Crippen molar-refractivity contribution in [3.63, 3.8) is 0 Å². The van der Waals surface area contributed by atoms with Crippen LogP contribution in [0.2, 0.25) is 0 Å². The summed E-state index contributed by atoms with van der Waals surface area (Å²) in [4.78, 5) is 12.8. The number of rotatable bonds is 10. The highest BCUT2D eigenvalue weighted by Gasteiger charge is 2.15. The van der Waals surface area contributed by atoms with Gasteiger partial charge in [-0.1, -0.05) is 43.4 Å². The van der Waals surface area contributed by atoms with Gasteiger partial charge in [0.2, 0.25) is 5.13 Å². The molecule has 4 rings (SSSR count). The molecule has 0 aliphatic heterocycles. The van der Waals surface area contributed by atoms with Gasteiger partial charge in [-0.15, -0.1) is 10.2 Å². The molecule has 0 unspecified atom stereocenters. The minimum absolute atomic E-state index is 0.00649. The summed E-state index contributed by atoms with van der Waals surface area (Å²) in [7, 11) is 1.63. The van der Waals surface area contributed by atoms with Gasteiger partial charge in [0.25, 0.3) is 5.91 Å². The van der Waals surface area contributed by atoms with Crippen LogP contribution in [0.4, 0.5) is 5.13 Å². The lowest BCUT2D eigenvalue weighted by molar-refractivity contribution is -0.112. The van der Waals surface area contributed by atoms with E-state index in [2.05, 4.69) is 33.9 Å². The summed E-state index contributed by atoms with van der Waals surface area (Å²) in [5.41, 5.74) is 1.76. The van der Waals surface area contributed by atoms with E-state index in [-0.39, 0.29) is 5.57 Å². The van der Waals surface area contributed by atoms with Gasteiger partial charge < -0.3 is 14.0 Å². The molecule has 0 saturated heterocycles. The molecule has 2 heterocycles. The van der Waals surface area contributed by atoms with Crippen molar-refractivity contribution in [1.29, 1.82) is 5.26 Å². The number of nitrogens with zero attached hydrogens (tertiary/aromatic N) is 4. The second kappa shape index (κ2) is 11.5. The summed E-state index contributed by atoms with van der Waals surface area (Å²) in [6.07, 6.45) is 4.32. The molecule has 0 saturated carbocycles. The van der Waals surface area contributed by atoms with E-state index in [1.54, 1.807) is 13.2 Å². The number of fused-ring (bicyclic) bond motifs is 1. The molecule has 2 aromatic heterocycles. The van der Waals surface area contributed by atoms with Crippen LogP contribution in [0.1, 0.15) is 24.4 Å². The lowest BCUT2D eigenvalue weighted by Crippen LogP contribution is -2.13. The molecule has 0 radical (unpaired) electrons. The van der Waals surface area contributed by atoms with Gasteiger partial charge in [0.1, 0.15) is 34.8 Å². The highest BCUT2D eigenvalue weighted by atomic mass is 32.1. The van der Waals surface area contributed by atoms with E-state index in [1.165, 1.54) is 11.3 Å². The number of anilines is 1. The number of carbonyl (C=O) groups excluding carboxylic acids is 1. The molecule has 4 aromatic rings. The molecule has 1 amide bonds. The molecule has 0 atom stereocenters. The Labute approximate surface area is 213 Å². The number of nitrogens with one attached hydrogen (secondary N) is 1. The van der Waals surface area contributed by atoms with Crippen LogP contribution in [-0.2, 0) is 17.8 Å². The molecule has 0 spiro atoms. The van der Waals surface area contributed by atoms with E-state index >= 15 is 0 Å². The maximum atomic E-state index is 12.8. The summed E-state index contributed by atoms with van der Waals surface area (Å²) >= 11 is 1.32. The molecule has 0 aliphatic rings. The summed E-state index contributed by atoms with van der Waals surface area (Å²) in [5, 5.41) is 22.7. The van der Waals surface area contributed by atoms with Crippen LogP contribution < -0.4 is 14.8 Å². The number of para-hydroxylation sites is 1. The summed E-state index contributed by atoms with van der Waals surface area (Å²) in [6, 6.07) is 17.3. The molecule has 0 fully saturated rings. The molecule has 1 N–H and O–H groups in total. The molecular weight excluding hydrogens is 474 g/mol. The molecule has 184 valence electrons. The Morgan fingerprint density at radius 3 is 2.64 bits per heavy atom. The molecule has 36 heavy (non-hydrogen) atoms. The lowest BCUT2D eigenvalue weighted by atomic mass is 10.1. The van der Waals surface area contributed by atoms with Crippen LogP contribution in [0.5, 0.6) is 11.5 Å². The van der Waals surface area contributed by atoms with Crippen LogP contribution >= 0.6 is 11.3 Å². The SMILES string of the molecule is COc1ccc(OCCn2cc(C=C(C#N)C(=O)Nc3nnc(CC(C)C)s3)c3ccccc32)cc1. The Hall–Kier alpha value is -4.16. The number of benzene rings is 2. The van der Waals surface area contributed by atoms with Crippen molar-refractivity contribution in [3.05, 3.63) is 70.9 Å². The van der Waals surface area contributed by atoms with E-state index < -0.39 is 5.91 Å². The summed E-state index contributed by atoms with van der Waals surface area (Å²) in [5.74, 6) is 1.46. The minimum Gasteiger partial charge on any atom is -0.497 e. The van der Waals surface area contributed by atoms with Gasteiger partial charge in [0.05, 0.1) is 13.7 Å². The van der Waals surface area contributed by atoms with E-state index in [1.807, 2.05) is 60.8 Å². The van der Waals surface area contributed by atoms with Crippen molar-refractivity contribution in [2.24, 2.45) is 5.92 Å². The number of amides is 1. The van der Waals surface area contributed by atoms with Crippen molar-refractivity contribution >= 4 is 39.4 Å². The summed E-state index contributed by atoms with van der Waals surface area (Å²) < 4.78 is 13.1. The van der Waals surface area contributed by atoms with Gasteiger partial charge in [-0.25, -0.2) is 0 Å². The van der Waals surface area contributed by atoms with Gasteiger partial charge in [-0.3, -0.25) is 10.1 Å². The Bertz CT molecular complexity index is 1410. The monoisotopic (exact) mass is 501 g/mol. The van der Waals surface area contributed by atoms with E-state index in [0.29, 0.717) is 24.2 Å². The fourth-order valence-electron chi connectivity index (χ4n) is 3.71. The van der Waals surface area contributed by atoms with Crippen LogP contribution in [0.15, 0.2) is 60.3 Å². The standard InChI is InChI=1S/C27H27N5O3S/c1-18(2)14-25-30-31-27(36-25)29-26(33)19(16-28)15-20-17-32(24-7-5-4-6-23(20)24)12-13-35-22-10-8-21(34-3)9-11-22/h4-11,15,17-18H,12-14H2,1-3H3,(H,29,31,33). The minimum atomic E-state index is -0.510. The molecule has 9 heteroatoms. The maximum absolute atomic E-state index is 12.8. The normalized spacial score (nSPS) is 11.5. The van der Waals surface area contributed by atoms with E-state index in [9.17, 15) is 10.1 Å². The number of hydrogen-bond donors (Lipinski definition) is 1. The van der Waals surface area contributed by atoms with E-state index in [0.717, 1.165) is 39.4 Å². The second-order valence-electron chi connectivity index (χ2n) is 8.54. The van der Waals surface area contributed by atoms with Crippen molar-refractivity contribution in [3.8, 4) is 17.6 Å². The quantitative estimate of drug-likeness (QED) is 0.233. The molecule has 0 aliphatic carbocycles. The number of carbonyl (C=O) groups is 1. The first kappa shape index (κ1) is 24.9. The first-order valence-corrected chi connectivity index (χ1v) is 12.4. The van der Waals surface area contributed by atoms with Crippen molar-refractivity contribution in [1.82, 2.24) is 14.8 Å². The fourth-order valence-corrected chi connectivity index (χ4v) is 4.66. The Balaban J connectivity index is 1.49. The zero-order valence-electron chi connectivity index (χ0n) is 20.4. The molecular formula is C27H27N5O3S. The first-order valence-electron chi connectivity index (χ1n) is 11.6. The topological polar surface area (TPSA) is 102 Å². The van der Waals surface area contributed by atoms with Gasteiger partial charge in [-0.05, 0) is 42.3 Å². The third kappa shape index (κ3) is 6.09. The molecule has 8 nitrogen and oxygen atoms in total. The van der Waals surface area contributed by atoms with Gasteiger partial charge in [0, 0.05) is 29.1 Å². The largest absolute Gasteiger partial charge is 0.497 e. The smallest absolute Gasteiger partial charge is 0.268 e. The number of ether oxygens (including phenoxy) is 2. The lowest BCUT2D eigenvalue weighted by Gasteiger charge is -2.09. The average molecular weight is 502 g/mol. The zero-order valence-corrected chi connectivity index (χ0v) is 21.2. The van der Waals surface area contributed by atoms with Gasteiger partial charge in [-0.2, -0.15) is 5.26 Å². The molecule has 2 aromatic carbocycles. The summed E-state index contributed by atoms with van der Waals surface area (Å²) in [6.45, 7) is 5.24. The van der Waals surface area contributed by atoms with Crippen LogP contribution in [0.25, 0.3) is 17.0 Å². The Kier molecular flexibility index (Phi) is 7.98. The third-order valence-corrected chi connectivity index (χ3v) is 6.28. The Morgan fingerprint density at radius 2 is 1.92 bits per heavy atom. The highest BCUT2D eigenvalue weighted by molar-refractivity contribution is 7.15. The van der Waals surface area contributed by atoms with Crippen LogP contribution in [0.3, 0.4) is 0 Å². The fraction of sp³-hybridized carbons (Fsp3) is 0.259.